The molecule has 1 saturated heterocycles. The van der Waals surface area contributed by atoms with Crippen molar-refractivity contribution in [3.05, 3.63) is 46.9 Å². The minimum atomic E-state index is -3.53. The standard InChI is InChI=1S/C22H31N5O6S/c1-16-19(22(29)33-14-13-32-3)17(2)25-20(16)21(28)24-8-15-34(30,31)27-11-9-26(10-12-27)18-6-4-5-7-23-18/h4-7,25H,8-15H2,1-3H3,(H,24,28). The maximum absolute atomic E-state index is 12.7. The molecule has 2 aromatic rings. The number of ether oxygens (including phenoxy) is 2. The number of hydrogen-bond donors (Lipinski definition) is 2. The van der Waals surface area contributed by atoms with Crippen LogP contribution in [-0.4, -0.2) is 93.4 Å². The second-order valence-corrected chi connectivity index (χ2v) is 9.99. The summed E-state index contributed by atoms with van der Waals surface area (Å²) in [4.78, 5) is 34.2. The number of H-pyrrole nitrogens is 1. The molecule has 186 valence electrons. The van der Waals surface area contributed by atoms with Crippen LogP contribution in [0.2, 0.25) is 0 Å². The highest BCUT2D eigenvalue weighted by Crippen LogP contribution is 2.19. The van der Waals surface area contributed by atoms with Crippen LogP contribution in [0.4, 0.5) is 5.82 Å². The Labute approximate surface area is 199 Å². The second-order valence-electron chi connectivity index (χ2n) is 7.90. The number of sulfonamides is 1. The number of aromatic amines is 1. The van der Waals surface area contributed by atoms with Crippen molar-refractivity contribution in [3.8, 4) is 0 Å². The Bertz CT molecular complexity index is 1090. The molecule has 1 aliphatic heterocycles. The third kappa shape index (κ3) is 6.13. The molecule has 1 amide bonds. The lowest BCUT2D eigenvalue weighted by molar-refractivity contribution is 0.0386. The van der Waals surface area contributed by atoms with E-state index in [9.17, 15) is 18.0 Å². The largest absolute Gasteiger partial charge is 0.460 e. The molecular formula is C22H31N5O6S. The zero-order chi connectivity index (χ0) is 24.7. The fourth-order valence-corrected chi connectivity index (χ4v) is 5.16. The van der Waals surface area contributed by atoms with Crippen LogP contribution >= 0.6 is 0 Å². The first-order valence-corrected chi connectivity index (χ1v) is 12.6. The summed E-state index contributed by atoms with van der Waals surface area (Å²) in [6.07, 6.45) is 1.71. The van der Waals surface area contributed by atoms with Gasteiger partial charge in [0.15, 0.2) is 0 Å². The lowest BCUT2D eigenvalue weighted by Crippen LogP contribution is -2.50. The molecule has 0 radical (unpaired) electrons. The van der Waals surface area contributed by atoms with Gasteiger partial charge in [0, 0.05) is 51.7 Å². The molecule has 1 aliphatic rings. The molecule has 0 aliphatic carbocycles. The molecule has 12 heteroatoms. The van der Waals surface area contributed by atoms with Gasteiger partial charge in [-0.05, 0) is 31.5 Å². The molecule has 1 fully saturated rings. The quantitative estimate of drug-likeness (QED) is 0.365. The molecule has 2 aromatic heterocycles. The number of esters is 1. The van der Waals surface area contributed by atoms with Crippen molar-refractivity contribution >= 4 is 27.7 Å². The summed E-state index contributed by atoms with van der Waals surface area (Å²) < 4.78 is 36.9. The third-order valence-corrected chi connectivity index (χ3v) is 7.51. The van der Waals surface area contributed by atoms with E-state index in [0.29, 0.717) is 43.0 Å². The molecule has 0 atom stereocenters. The molecule has 34 heavy (non-hydrogen) atoms. The van der Waals surface area contributed by atoms with E-state index >= 15 is 0 Å². The van der Waals surface area contributed by atoms with E-state index in [1.54, 1.807) is 20.0 Å². The van der Waals surface area contributed by atoms with Gasteiger partial charge in [0.2, 0.25) is 10.0 Å². The Morgan fingerprint density at radius 3 is 2.53 bits per heavy atom. The van der Waals surface area contributed by atoms with Crippen LogP contribution in [-0.2, 0) is 19.5 Å². The summed E-state index contributed by atoms with van der Waals surface area (Å²) in [7, 11) is -2.03. The Morgan fingerprint density at radius 1 is 1.15 bits per heavy atom. The van der Waals surface area contributed by atoms with Gasteiger partial charge in [-0.3, -0.25) is 4.79 Å². The smallest absolute Gasteiger partial charge is 0.340 e. The van der Waals surface area contributed by atoms with Gasteiger partial charge in [0.1, 0.15) is 18.1 Å². The third-order valence-electron chi connectivity index (χ3n) is 5.64. The first kappa shape index (κ1) is 25.7. The second kappa shape index (κ2) is 11.4. The van der Waals surface area contributed by atoms with Gasteiger partial charge in [-0.1, -0.05) is 6.07 Å². The number of pyridine rings is 1. The van der Waals surface area contributed by atoms with Gasteiger partial charge < -0.3 is 24.7 Å². The summed E-state index contributed by atoms with van der Waals surface area (Å²) in [5.41, 5.74) is 1.45. The Hall–Kier alpha value is -2.96. The molecule has 0 bridgehead atoms. The van der Waals surface area contributed by atoms with Gasteiger partial charge in [0.25, 0.3) is 5.91 Å². The topological polar surface area (TPSA) is 134 Å². The van der Waals surface area contributed by atoms with Crippen LogP contribution in [0.15, 0.2) is 24.4 Å². The number of piperazine rings is 1. The number of rotatable bonds is 10. The molecule has 3 heterocycles. The van der Waals surface area contributed by atoms with E-state index < -0.39 is 21.9 Å². The number of aromatic nitrogens is 2. The number of hydrogen-bond acceptors (Lipinski definition) is 8. The molecule has 0 unspecified atom stereocenters. The predicted octanol–water partition coefficient (Wildman–Crippen LogP) is 0.712. The number of amides is 1. The van der Waals surface area contributed by atoms with Crippen molar-refractivity contribution in [2.45, 2.75) is 13.8 Å². The maximum atomic E-state index is 12.7. The van der Waals surface area contributed by atoms with Crippen molar-refractivity contribution in [2.75, 3.05) is 63.7 Å². The van der Waals surface area contributed by atoms with Gasteiger partial charge in [-0.15, -0.1) is 0 Å². The van der Waals surface area contributed by atoms with Gasteiger partial charge in [0.05, 0.1) is 17.9 Å². The SMILES string of the molecule is COCCOC(=O)c1c(C)[nH]c(C(=O)NCCS(=O)(=O)N2CCN(c3ccccn3)CC2)c1C. The fraction of sp³-hybridized carbons (Fsp3) is 0.500. The maximum Gasteiger partial charge on any atom is 0.340 e. The van der Waals surface area contributed by atoms with Crippen LogP contribution in [0.3, 0.4) is 0 Å². The molecule has 2 N–H and O–H groups in total. The van der Waals surface area contributed by atoms with E-state index in [1.807, 2.05) is 23.1 Å². The molecule has 3 rings (SSSR count). The number of aryl methyl sites for hydroxylation is 1. The Morgan fingerprint density at radius 2 is 1.88 bits per heavy atom. The normalized spacial score (nSPS) is 14.7. The molecular weight excluding hydrogens is 462 g/mol. The number of anilines is 1. The van der Waals surface area contributed by atoms with E-state index in [0.717, 1.165) is 5.82 Å². The summed E-state index contributed by atoms with van der Waals surface area (Å²) in [5, 5.41) is 2.63. The summed E-state index contributed by atoms with van der Waals surface area (Å²) in [6.45, 7) is 5.46. The molecule has 0 aromatic carbocycles. The predicted molar refractivity (Wildman–Crippen MR) is 127 cm³/mol. The highest BCUT2D eigenvalue weighted by molar-refractivity contribution is 7.89. The number of nitrogens with one attached hydrogen (secondary N) is 2. The van der Waals surface area contributed by atoms with Crippen LogP contribution in [0.1, 0.15) is 32.1 Å². The van der Waals surface area contributed by atoms with Crippen molar-refractivity contribution in [1.29, 1.82) is 0 Å². The summed E-state index contributed by atoms with van der Waals surface area (Å²) in [5.74, 6) is -0.417. The van der Waals surface area contributed by atoms with Crippen LogP contribution in [0.25, 0.3) is 0 Å². The minimum Gasteiger partial charge on any atom is -0.460 e. The van der Waals surface area contributed by atoms with Crippen LogP contribution in [0, 0.1) is 13.8 Å². The average molecular weight is 494 g/mol. The molecule has 11 nitrogen and oxygen atoms in total. The highest BCUT2D eigenvalue weighted by atomic mass is 32.2. The van der Waals surface area contributed by atoms with Crippen molar-refractivity contribution < 1.29 is 27.5 Å². The van der Waals surface area contributed by atoms with Crippen LogP contribution in [0.5, 0.6) is 0 Å². The minimum absolute atomic E-state index is 0.0489. The monoisotopic (exact) mass is 493 g/mol. The molecule has 0 saturated carbocycles. The van der Waals surface area contributed by atoms with E-state index in [1.165, 1.54) is 11.4 Å². The Kier molecular flexibility index (Phi) is 8.64. The number of methoxy groups -OCH3 is 1. The van der Waals surface area contributed by atoms with E-state index in [-0.39, 0.29) is 31.2 Å². The number of nitrogens with zero attached hydrogens (tertiary/aromatic N) is 3. The van der Waals surface area contributed by atoms with E-state index in [2.05, 4.69) is 15.3 Å². The fourth-order valence-electron chi connectivity index (χ4n) is 3.82. The van der Waals surface area contributed by atoms with Crippen molar-refractivity contribution in [2.24, 2.45) is 0 Å². The number of carbonyl (C=O) groups is 2. The summed E-state index contributed by atoms with van der Waals surface area (Å²) in [6, 6.07) is 5.63. The first-order chi connectivity index (χ1) is 16.2. The van der Waals surface area contributed by atoms with Gasteiger partial charge in [-0.25, -0.2) is 18.2 Å². The first-order valence-electron chi connectivity index (χ1n) is 11.0. The van der Waals surface area contributed by atoms with Gasteiger partial charge in [-0.2, -0.15) is 4.31 Å². The highest BCUT2D eigenvalue weighted by Gasteiger charge is 2.28. The van der Waals surface area contributed by atoms with Crippen molar-refractivity contribution in [3.63, 3.8) is 0 Å². The van der Waals surface area contributed by atoms with Gasteiger partial charge >= 0.3 is 5.97 Å². The van der Waals surface area contributed by atoms with Crippen molar-refractivity contribution in [1.82, 2.24) is 19.6 Å². The summed E-state index contributed by atoms with van der Waals surface area (Å²) >= 11 is 0. The van der Waals surface area contributed by atoms with E-state index in [4.69, 9.17) is 9.47 Å². The lowest BCUT2D eigenvalue weighted by Gasteiger charge is -2.34. The molecule has 0 spiro atoms. The zero-order valence-corrected chi connectivity index (χ0v) is 20.5. The average Bonchev–Trinajstić information content (AvgIpc) is 3.13. The Balaban J connectivity index is 1.51. The zero-order valence-electron chi connectivity index (χ0n) is 19.7. The lowest BCUT2D eigenvalue weighted by atomic mass is 10.1. The van der Waals surface area contributed by atoms with Crippen LogP contribution < -0.4 is 10.2 Å². The number of carbonyl (C=O) groups excluding carboxylic acids is 2.